The van der Waals surface area contributed by atoms with Gasteiger partial charge in [-0.05, 0) is 29.8 Å². The van der Waals surface area contributed by atoms with Crippen molar-refractivity contribution < 1.29 is 21.6 Å². The second kappa shape index (κ2) is 7.75. The molecule has 146 valence electrons. The second-order valence-electron chi connectivity index (χ2n) is 6.19. The largest absolute Gasteiger partial charge is 0.416 e. The van der Waals surface area contributed by atoms with E-state index in [0.29, 0.717) is 32.7 Å². The average Bonchev–Trinajstić information content (AvgIpc) is 2.62. The molecule has 0 spiro atoms. The lowest BCUT2D eigenvalue weighted by Gasteiger charge is -2.34. The number of rotatable bonds is 4. The number of aromatic nitrogens is 1. The fourth-order valence-corrected chi connectivity index (χ4v) is 4.33. The van der Waals surface area contributed by atoms with E-state index in [-0.39, 0.29) is 10.0 Å². The highest BCUT2D eigenvalue weighted by Gasteiger charge is 2.31. The smallest absolute Gasteiger partial charge is 0.296 e. The van der Waals surface area contributed by atoms with Crippen molar-refractivity contribution in [2.75, 3.05) is 26.2 Å². The van der Waals surface area contributed by atoms with E-state index in [0.717, 1.165) is 17.7 Å². The van der Waals surface area contributed by atoms with Crippen LogP contribution in [0.4, 0.5) is 13.2 Å². The number of sulfonamides is 1. The Morgan fingerprint density at radius 2 is 1.63 bits per heavy atom. The van der Waals surface area contributed by atoms with Crippen LogP contribution in [0.1, 0.15) is 11.1 Å². The molecule has 0 atom stereocenters. The van der Waals surface area contributed by atoms with E-state index in [1.807, 2.05) is 4.90 Å². The second-order valence-corrected chi connectivity index (χ2v) is 8.52. The highest BCUT2D eigenvalue weighted by Crippen LogP contribution is 2.29. The van der Waals surface area contributed by atoms with Gasteiger partial charge in [-0.15, -0.1) is 0 Å². The summed E-state index contributed by atoms with van der Waals surface area (Å²) < 4.78 is 64.4. The van der Waals surface area contributed by atoms with Crippen LogP contribution in [-0.2, 0) is 22.7 Å². The van der Waals surface area contributed by atoms with Crippen LogP contribution in [0.15, 0.2) is 47.5 Å². The van der Waals surface area contributed by atoms with Gasteiger partial charge in [0.15, 0.2) is 0 Å². The van der Waals surface area contributed by atoms with Crippen molar-refractivity contribution in [2.24, 2.45) is 0 Å². The Bertz CT molecular complexity index is 879. The van der Waals surface area contributed by atoms with Gasteiger partial charge in [0.2, 0.25) is 10.0 Å². The standard InChI is InChI=1S/C17H17ClF3N3O2S/c18-16-6-5-15(11-22-16)27(25,26)24-9-7-23(8-10-24)12-13-1-3-14(4-2-13)17(19,20)21/h1-6,11H,7-10,12H2. The summed E-state index contributed by atoms with van der Waals surface area (Å²) in [6.07, 6.45) is -3.12. The highest BCUT2D eigenvalue weighted by atomic mass is 35.5. The van der Waals surface area contributed by atoms with E-state index in [2.05, 4.69) is 4.98 Å². The molecule has 1 saturated heterocycles. The number of pyridine rings is 1. The number of hydrogen-bond donors (Lipinski definition) is 0. The third-order valence-corrected chi connectivity index (χ3v) is 6.46. The van der Waals surface area contributed by atoms with Crippen molar-refractivity contribution in [2.45, 2.75) is 17.6 Å². The van der Waals surface area contributed by atoms with Gasteiger partial charge in [-0.2, -0.15) is 17.5 Å². The minimum atomic E-state index is -4.35. The molecule has 1 aliphatic heterocycles. The molecule has 0 aliphatic carbocycles. The summed E-state index contributed by atoms with van der Waals surface area (Å²) in [6, 6.07) is 7.86. The van der Waals surface area contributed by atoms with Gasteiger partial charge in [-0.25, -0.2) is 13.4 Å². The molecule has 5 nitrogen and oxygen atoms in total. The SMILES string of the molecule is O=S(=O)(c1ccc(Cl)nc1)N1CCN(Cc2ccc(C(F)(F)F)cc2)CC1. The molecule has 1 aliphatic rings. The molecule has 2 aromatic rings. The van der Waals surface area contributed by atoms with E-state index >= 15 is 0 Å². The molecule has 10 heteroatoms. The van der Waals surface area contributed by atoms with Gasteiger partial charge >= 0.3 is 6.18 Å². The maximum atomic E-state index is 12.6. The van der Waals surface area contributed by atoms with Crippen LogP contribution in [-0.4, -0.2) is 48.8 Å². The van der Waals surface area contributed by atoms with Crippen molar-refractivity contribution in [3.05, 3.63) is 58.9 Å². The van der Waals surface area contributed by atoms with Crippen molar-refractivity contribution in [1.29, 1.82) is 0 Å². The zero-order valence-corrected chi connectivity index (χ0v) is 15.7. The van der Waals surface area contributed by atoms with Gasteiger partial charge in [0.25, 0.3) is 0 Å². The average molecular weight is 420 g/mol. The van der Waals surface area contributed by atoms with Gasteiger partial charge in [-0.1, -0.05) is 23.7 Å². The molecule has 0 N–H and O–H groups in total. The van der Waals surface area contributed by atoms with Gasteiger partial charge in [0, 0.05) is 38.9 Å². The molecule has 0 unspecified atom stereocenters. The molecule has 0 amide bonds. The van der Waals surface area contributed by atoms with E-state index < -0.39 is 21.8 Å². The lowest BCUT2D eigenvalue weighted by molar-refractivity contribution is -0.137. The Balaban J connectivity index is 1.59. The van der Waals surface area contributed by atoms with Gasteiger partial charge < -0.3 is 0 Å². The van der Waals surface area contributed by atoms with Crippen LogP contribution in [0.25, 0.3) is 0 Å². The molecule has 1 aromatic heterocycles. The van der Waals surface area contributed by atoms with Crippen LogP contribution in [0, 0.1) is 0 Å². The predicted molar refractivity (Wildman–Crippen MR) is 94.7 cm³/mol. The molecule has 0 saturated carbocycles. The van der Waals surface area contributed by atoms with Crippen molar-refractivity contribution >= 4 is 21.6 Å². The molecule has 0 radical (unpaired) electrons. The first-order valence-electron chi connectivity index (χ1n) is 8.16. The first-order chi connectivity index (χ1) is 12.7. The molecule has 0 bridgehead atoms. The molecule has 1 aromatic carbocycles. The van der Waals surface area contributed by atoms with Crippen LogP contribution in [0.2, 0.25) is 5.15 Å². The van der Waals surface area contributed by atoms with Crippen molar-refractivity contribution in [3.63, 3.8) is 0 Å². The summed E-state index contributed by atoms with van der Waals surface area (Å²) in [6.45, 7) is 2.04. The van der Waals surface area contributed by atoms with Gasteiger partial charge in [0.05, 0.1) is 5.56 Å². The predicted octanol–water partition coefficient (Wildman–Crippen LogP) is 3.26. The Labute approximate surface area is 160 Å². The van der Waals surface area contributed by atoms with E-state index in [1.54, 1.807) is 0 Å². The maximum Gasteiger partial charge on any atom is 0.416 e. The van der Waals surface area contributed by atoms with E-state index in [9.17, 15) is 21.6 Å². The third-order valence-electron chi connectivity index (χ3n) is 4.36. The fraction of sp³-hybridized carbons (Fsp3) is 0.353. The van der Waals surface area contributed by atoms with Crippen LogP contribution >= 0.6 is 11.6 Å². The summed E-state index contributed by atoms with van der Waals surface area (Å²) in [4.78, 5) is 5.90. The highest BCUT2D eigenvalue weighted by molar-refractivity contribution is 7.89. The minimum absolute atomic E-state index is 0.0862. The number of nitrogens with zero attached hydrogens (tertiary/aromatic N) is 3. The number of alkyl halides is 3. The summed E-state index contributed by atoms with van der Waals surface area (Å²) >= 11 is 5.69. The summed E-state index contributed by atoms with van der Waals surface area (Å²) in [5.74, 6) is 0. The Kier molecular flexibility index (Phi) is 5.76. The lowest BCUT2D eigenvalue weighted by atomic mass is 10.1. The van der Waals surface area contributed by atoms with Gasteiger partial charge in [-0.3, -0.25) is 4.90 Å². The molecular weight excluding hydrogens is 403 g/mol. The molecular formula is C17H17ClF3N3O2S. The van der Waals surface area contributed by atoms with Crippen LogP contribution in [0.5, 0.6) is 0 Å². The Hall–Kier alpha value is -1.68. The minimum Gasteiger partial charge on any atom is -0.296 e. The summed E-state index contributed by atoms with van der Waals surface area (Å²) in [7, 11) is -3.64. The maximum absolute atomic E-state index is 12.6. The van der Waals surface area contributed by atoms with E-state index in [4.69, 9.17) is 11.6 Å². The number of hydrogen-bond acceptors (Lipinski definition) is 4. The van der Waals surface area contributed by atoms with Gasteiger partial charge in [0.1, 0.15) is 10.0 Å². The Morgan fingerprint density at radius 3 is 2.15 bits per heavy atom. The normalized spacial score (nSPS) is 17.2. The zero-order valence-electron chi connectivity index (χ0n) is 14.2. The number of halogens is 4. The summed E-state index contributed by atoms with van der Waals surface area (Å²) in [5.41, 5.74) is 0.0694. The molecule has 1 fully saturated rings. The monoisotopic (exact) mass is 419 g/mol. The third kappa shape index (κ3) is 4.78. The lowest BCUT2D eigenvalue weighted by Crippen LogP contribution is -2.48. The number of piperazine rings is 1. The summed E-state index contributed by atoms with van der Waals surface area (Å²) in [5, 5.41) is 0.218. The Morgan fingerprint density at radius 1 is 1.00 bits per heavy atom. The van der Waals surface area contributed by atoms with Crippen molar-refractivity contribution in [1.82, 2.24) is 14.2 Å². The van der Waals surface area contributed by atoms with Crippen LogP contribution < -0.4 is 0 Å². The quantitative estimate of drug-likeness (QED) is 0.714. The fourth-order valence-electron chi connectivity index (χ4n) is 2.85. The number of benzene rings is 1. The molecule has 27 heavy (non-hydrogen) atoms. The molecule has 2 heterocycles. The zero-order chi connectivity index (χ0) is 19.7. The first kappa shape index (κ1) is 20.1. The van der Waals surface area contributed by atoms with E-state index in [1.165, 1.54) is 34.8 Å². The molecule has 3 rings (SSSR count). The van der Waals surface area contributed by atoms with Crippen molar-refractivity contribution in [3.8, 4) is 0 Å². The van der Waals surface area contributed by atoms with Crippen LogP contribution in [0.3, 0.4) is 0 Å². The topological polar surface area (TPSA) is 53.5 Å². The first-order valence-corrected chi connectivity index (χ1v) is 9.98.